The molecule has 0 saturated heterocycles. The predicted molar refractivity (Wildman–Crippen MR) is 120 cm³/mol. The van der Waals surface area contributed by atoms with Crippen molar-refractivity contribution in [2.75, 3.05) is 19.5 Å². The SMILES string of the molecule is COc1ccc(OC)c(S(=O)(=O)N/N=C(\C)c2ccc(NC(=O)c3ccc(C)o3)cc2)c1. The van der Waals surface area contributed by atoms with Crippen molar-refractivity contribution in [1.82, 2.24) is 4.83 Å². The summed E-state index contributed by atoms with van der Waals surface area (Å²) in [5.41, 5.74) is 1.65. The van der Waals surface area contributed by atoms with E-state index in [1.807, 2.05) is 0 Å². The molecule has 9 nitrogen and oxygen atoms in total. The minimum absolute atomic E-state index is 0.0953. The number of carbonyl (C=O) groups is 1. The van der Waals surface area contributed by atoms with Gasteiger partial charge in [-0.1, -0.05) is 12.1 Å². The molecule has 3 aromatic rings. The van der Waals surface area contributed by atoms with E-state index in [4.69, 9.17) is 13.9 Å². The summed E-state index contributed by atoms with van der Waals surface area (Å²) in [5, 5.41) is 6.72. The van der Waals surface area contributed by atoms with Crippen molar-refractivity contribution in [3.05, 3.63) is 71.7 Å². The third-order valence-corrected chi connectivity index (χ3v) is 5.75. The molecular formula is C22H23N3O6S. The van der Waals surface area contributed by atoms with Gasteiger partial charge in [-0.2, -0.15) is 18.4 Å². The maximum Gasteiger partial charge on any atom is 0.291 e. The first-order valence-corrected chi connectivity index (χ1v) is 11.0. The zero-order valence-electron chi connectivity index (χ0n) is 18.0. The van der Waals surface area contributed by atoms with Crippen LogP contribution in [0.1, 0.15) is 28.8 Å². The van der Waals surface area contributed by atoms with Crippen LogP contribution < -0.4 is 19.6 Å². The zero-order valence-corrected chi connectivity index (χ0v) is 18.8. The monoisotopic (exact) mass is 457 g/mol. The summed E-state index contributed by atoms with van der Waals surface area (Å²) in [6, 6.07) is 14.5. The van der Waals surface area contributed by atoms with Crippen LogP contribution in [0.4, 0.5) is 5.69 Å². The number of sulfonamides is 1. The van der Waals surface area contributed by atoms with Crippen molar-refractivity contribution in [2.45, 2.75) is 18.7 Å². The molecule has 3 rings (SSSR count). The first-order valence-electron chi connectivity index (χ1n) is 9.50. The molecule has 2 aromatic carbocycles. The van der Waals surface area contributed by atoms with Gasteiger partial charge in [0.25, 0.3) is 15.9 Å². The Morgan fingerprint density at radius 2 is 1.72 bits per heavy atom. The first kappa shape index (κ1) is 22.9. The van der Waals surface area contributed by atoms with Crippen LogP contribution in [-0.4, -0.2) is 34.3 Å². The Labute approximate surface area is 186 Å². The third kappa shape index (κ3) is 5.27. The smallest absolute Gasteiger partial charge is 0.291 e. The van der Waals surface area contributed by atoms with Gasteiger partial charge in [-0.3, -0.25) is 4.79 Å². The van der Waals surface area contributed by atoms with Gasteiger partial charge < -0.3 is 19.2 Å². The van der Waals surface area contributed by atoms with Crippen molar-refractivity contribution in [3.63, 3.8) is 0 Å². The van der Waals surface area contributed by atoms with E-state index in [-0.39, 0.29) is 22.3 Å². The molecule has 0 fully saturated rings. The van der Waals surface area contributed by atoms with Crippen molar-refractivity contribution >= 4 is 27.3 Å². The van der Waals surface area contributed by atoms with Crippen LogP contribution in [-0.2, 0) is 10.0 Å². The minimum atomic E-state index is -4.00. The molecule has 0 aliphatic heterocycles. The predicted octanol–water partition coefficient (Wildman–Crippen LogP) is 3.56. The fourth-order valence-electron chi connectivity index (χ4n) is 2.78. The van der Waals surface area contributed by atoms with Crippen LogP contribution in [0.5, 0.6) is 11.5 Å². The van der Waals surface area contributed by atoms with E-state index in [0.29, 0.717) is 28.5 Å². The van der Waals surface area contributed by atoms with E-state index >= 15 is 0 Å². The van der Waals surface area contributed by atoms with Crippen LogP contribution >= 0.6 is 0 Å². The van der Waals surface area contributed by atoms with Gasteiger partial charge in [-0.15, -0.1) is 0 Å². The molecule has 1 heterocycles. The summed E-state index contributed by atoms with van der Waals surface area (Å²) in [6.45, 7) is 3.41. The van der Waals surface area contributed by atoms with E-state index in [1.54, 1.807) is 56.3 Å². The quantitative estimate of drug-likeness (QED) is 0.394. The lowest BCUT2D eigenvalue weighted by Crippen LogP contribution is -2.20. The second-order valence-corrected chi connectivity index (χ2v) is 8.38. The standard InChI is InChI=1S/C22H23N3O6S/c1-14-5-11-20(31-14)22(26)23-17-8-6-16(7-9-17)15(2)24-25-32(27,28)21-13-18(29-3)10-12-19(21)30-4/h5-13,25H,1-4H3,(H,23,26)/b24-15+. The van der Waals surface area contributed by atoms with Gasteiger partial charge in [0.05, 0.1) is 19.9 Å². The number of rotatable bonds is 8. The van der Waals surface area contributed by atoms with Crippen molar-refractivity contribution in [2.24, 2.45) is 5.10 Å². The van der Waals surface area contributed by atoms with Gasteiger partial charge in [-0.25, -0.2) is 0 Å². The number of ether oxygens (including phenoxy) is 2. The van der Waals surface area contributed by atoms with Crippen LogP contribution in [0.2, 0.25) is 0 Å². The molecule has 0 spiro atoms. The number of amides is 1. The van der Waals surface area contributed by atoms with Crippen LogP contribution in [0.15, 0.2) is 69.0 Å². The van der Waals surface area contributed by atoms with Gasteiger partial charge in [0.1, 0.15) is 22.2 Å². The molecule has 1 amide bonds. The fraction of sp³-hybridized carbons (Fsp3) is 0.182. The molecule has 168 valence electrons. The number of nitrogens with one attached hydrogen (secondary N) is 2. The normalized spacial score (nSPS) is 11.7. The Kier molecular flexibility index (Phi) is 6.84. The number of benzene rings is 2. The van der Waals surface area contributed by atoms with Crippen molar-refractivity contribution in [1.29, 1.82) is 0 Å². The second-order valence-electron chi connectivity index (χ2n) is 6.75. The number of furan rings is 1. The van der Waals surface area contributed by atoms with E-state index in [2.05, 4.69) is 15.2 Å². The lowest BCUT2D eigenvalue weighted by molar-refractivity contribution is 0.0995. The van der Waals surface area contributed by atoms with Crippen molar-refractivity contribution in [3.8, 4) is 11.5 Å². The maximum atomic E-state index is 12.7. The molecule has 0 atom stereocenters. The maximum absolute atomic E-state index is 12.7. The van der Waals surface area contributed by atoms with Gasteiger partial charge in [0.2, 0.25) is 0 Å². The van der Waals surface area contributed by atoms with Crippen LogP contribution in [0.3, 0.4) is 0 Å². The Morgan fingerprint density at radius 3 is 2.31 bits per heavy atom. The van der Waals surface area contributed by atoms with E-state index in [0.717, 1.165) is 0 Å². The first-order chi connectivity index (χ1) is 15.2. The van der Waals surface area contributed by atoms with Gasteiger partial charge in [0, 0.05) is 11.8 Å². The number of hydrogen-bond acceptors (Lipinski definition) is 7. The molecular weight excluding hydrogens is 434 g/mol. The van der Waals surface area contributed by atoms with E-state index in [9.17, 15) is 13.2 Å². The molecule has 1 aromatic heterocycles. The van der Waals surface area contributed by atoms with Crippen LogP contribution in [0.25, 0.3) is 0 Å². The zero-order chi connectivity index (χ0) is 23.3. The summed E-state index contributed by atoms with van der Waals surface area (Å²) < 4.78 is 41.0. The Bertz CT molecular complexity index is 1250. The molecule has 32 heavy (non-hydrogen) atoms. The highest BCUT2D eigenvalue weighted by Gasteiger charge is 2.20. The Morgan fingerprint density at radius 1 is 1.00 bits per heavy atom. The van der Waals surface area contributed by atoms with E-state index < -0.39 is 10.0 Å². The number of hydrogen-bond donors (Lipinski definition) is 2. The average molecular weight is 458 g/mol. The minimum Gasteiger partial charge on any atom is -0.497 e. The summed E-state index contributed by atoms with van der Waals surface area (Å²) in [4.78, 5) is 14.3. The highest BCUT2D eigenvalue weighted by molar-refractivity contribution is 7.89. The number of methoxy groups -OCH3 is 2. The number of hydrazone groups is 1. The van der Waals surface area contributed by atoms with Crippen molar-refractivity contribution < 1.29 is 27.1 Å². The molecule has 2 N–H and O–H groups in total. The molecule has 0 aliphatic carbocycles. The average Bonchev–Trinajstić information content (AvgIpc) is 3.24. The van der Waals surface area contributed by atoms with Crippen LogP contribution in [0, 0.1) is 6.92 Å². The highest BCUT2D eigenvalue weighted by Crippen LogP contribution is 2.28. The molecule has 10 heteroatoms. The lowest BCUT2D eigenvalue weighted by atomic mass is 10.1. The number of carbonyl (C=O) groups excluding carboxylic acids is 1. The molecule has 0 aliphatic rings. The lowest BCUT2D eigenvalue weighted by Gasteiger charge is -2.11. The Balaban J connectivity index is 1.72. The largest absolute Gasteiger partial charge is 0.497 e. The molecule has 0 bridgehead atoms. The summed E-state index contributed by atoms with van der Waals surface area (Å²) >= 11 is 0. The fourth-order valence-corrected chi connectivity index (χ4v) is 3.82. The number of nitrogens with zero attached hydrogens (tertiary/aromatic N) is 1. The summed E-state index contributed by atoms with van der Waals surface area (Å²) in [7, 11) is -1.18. The summed E-state index contributed by atoms with van der Waals surface area (Å²) in [6.07, 6.45) is 0. The van der Waals surface area contributed by atoms with Gasteiger partial charge in [0.15, 0.2) is 5.76 Å². The van der Waals surface area contributed by atoms with Gasteiger partial charge in [-0.05, 0) is 55.8 Å². The Hall–Kier alpha value is -3.79. The molecule has 0 radical (unpaired) electrons. The van der Waals surface area contributed by atoms with Gasteiger partial charge >= 0.3 is 0 Å². The number of anilines is 1. The topological polar surface area (TPSA) is 119 Å². The highest BCUT2D eigenvalue weighted by atomic mass is 32.2. The van der Waals surface area contributed by atoms with E-state index in [1.165, 1.54) is 26.4 Å². The number of aryl methyl sites for hydroxylation is 1. The second kappa shape index (κ2) is 9.56. The summed E-state index contributed by atoms with van der Waals surface area (Å²) in [5.74, 6) is 1.03. The molecule has 0 saturated carbocycles. The molecule has 0 unspecified atom stereocenters. The third-order valence-electron chi connectivity index (χ3n) is 4.52.